The molecule has 0 atom stereocenters. The highest BCUT2D eigenvalue weighted by Gasteiger charge is 2.11. The summed E-state index contributed by atoms with van der Waals surface area (Å²) in [7, 11) is 0. The highest BCUT2D eigenvalue weighted by molar-refractivity contribution is 14.1. The molecular weight excluding hydrogens is 279 g/mol. The average Bonchev–Trinajstić information content (AvgIpc) is 2.50. The van der Waals surface area contributed by atoms with Gasteiger partial charge >= 0.3 is 0 Å². The molecule has 1 aromatic carbocycles. The fourth-order valence-corrected chi connectivity index (χ4v) is 2.06. The van der Waals surface area contributed by atoms with Crippen molar-refractivity contribution in [1.29, 1.82) is 0 Å². The van der Waals surface area contributed by atoms with E-state index in [0.29, 0.717) is 5.56 Å². The van der Waals surface area contributed by atoms with E-state index in [1.54, 1.807) is 6.20 Å². The van der Waals surface area contributed by atoms with Crippen molar-refractivity contribution in [1.82, 2.24) is 4.98 Å². The number of amides is 1. The zero-order chi connectivity index (χ0) is 9.42. The summed E-state index contributed by atoms with van der Waals surface area (Å²) in [5.41, 5.74) is 6.67. The second-order valence-corrected chi connectivity index (χ2v) is 3.89. The average molecular weight is 286 g/mol. The predicted molar refractivity (Wildman–Crippen MR) is 59.5 cm³/mol. The molecule has 66 valence electrons. The Bertz CT molecular complexity index is 475. The summed E-state index contributed by atoms with van der Waals surface area (Å²) in [6.45, 7) is 0. The first-order valence-corrected chi connectivity index (χ1v) is 4.83. The van der Waals surface area contributed by atoms with Crippen molar-refractivity contribution >= 4 is 39.4 Å². The van der Waals surface area contributed by atoms with E-state index in [9.17, 15) is 4.79 Å². The van der Waals surface area contributed by atoms with Gasteiger partial charge in [0.15, 0.2) is 0 Å². The molecule has 2 aromatic rings. The number of benzene rings is 1. The third kappa shape index (κ3) is 1.31. The molecule has 0 bridgehead atoms. The minimum atomic E-state index is -0.391. The molecule has 0 aliphatic heterocycles. The highest BCUT2D eigenvalue weighted by atomic mass is 127. The van der Waals surface area contributed by atoms with E-state index in [2.05, 4.69) is 27.6 Å². The molecule has 3 nitrogen and oxygen atoms in total. The van der Waals surface area contributed by atoms with Gasteiger partial charge < -0.3 is 10.7 Å². The number of hydrogen-bond donors (Lipinski definition) is 2. The van der Waals surface area contributed by atoms with Gasteiger partial charge in [0.2, 0.25) is 0 Å². The van der Waals surface area contributed by atoms with Crippen LogP contribution in [0.3, 0.4) is 0 Å². The first-order chi connectivity index (χ1) is 6.20. The van der Waals surface area contributed by atoms with Crippen LogP contribution in [-0.4, -0.2) is 10.9 Å². The Labute approximate surface area is 88.5 Å². The van der Waals surface area contributed by atoms with Crippen molar-refractivity contribution in [2.24, 2.45) is 5.73 Å². The Balaban J connectivity index is 2.88. The fourth-order valence-electron chi connectivity index (χ4n) is 1.34. The molecule has 0 unspecified atom stereocenters. The number of nitrogens with two attached hydrogens (primary N) is 1. The molecule has 0 fully saturated rings. The number of hydrogen-bond acceptors (Lipinski definition) is 1. The molecular formula is C9H7IN2O. The number of carbonyl (C=O) groups is 1. The number of carbonyl (C=O) groups excluding carboxylic acids is 1. The van der Waals surface area contributed by atoms with E-state index in [1.807, 2.05) is 18.2 Å². The Kier molecular flexibility index (Phi) is 1.99. The molecule has 1 aromatic heterocycles. The minimum absolute atomic E-state index is 0.391. The molecule has 2 rings (SSSR count). The number of rotatable bonds is 1. The van der Waals surface area contributed by atoms with Gasteiger partial charge in [-0.1, -0.05) is 6.07 Å². The van der Waals surface area contributed by atoms with Crippen LogP contribution in [0.25, 0.3) is 10.9 Å². The first-order valence-electron chi connectivity index (χ1n) is 3.75. The first kappa shape index (κ1) is 8.55. The molecule has 0 aliphatic carbocycles. The van der Waals surface area contributed by atoms with Crippen LogP contribution in [0.5, 0.6) is 0 Å². The summed E-state index contributed by atoms with van der Waals surface area (Å²) in [6, 6.07) is 5.76. The minimum Gasteiger partial charge on any atom is -0.365 e. The lowest BCUT2D eigenvalue weighted by molar-refractivity contribution is 0.100. The lowest BCUT2D eigenvalue weighted by Gasteiger charge is -2.00. The molecule has 0 saturated carbocycles. The molecule has 4 heteroatoms. The van der Waals surface area contributed by atoms with E-state index in [0.717, 1.165) is 14.5 Å². The van der Waals surface area contributed by atoms with Crippen LogP contribution in [0, 0.1) is 3.57 Å². The standard InChI is InChI=1S/C9H7IN2O/c10-6-2-1-5-3-4-12-8(5)7(6)9(11)13/h1-4,12H,(H2,11,13). The smallest absolute Gasteiger partial charge is 0.251 e. The molecule has 0 aliphatic rings. The molecule has 3 N–H and O–H groups in total. The highest BCUT2D eigenvalue weighted by Crippen LogP contribution is 2.21. The molecule has 1 heterocycles. The van der Waals surface area contributed by atoms with E-state index in [1.165, 1.54) is 0 Å². The third-order valence-electron chi connectivity index (χ3n) is 1.92. The number of aromatic nitrogens is 1. The van der Waals surface area contributed by atoms with Gasteiger partial charge in [-0.2, -0.15) is 0 Å². The van der Waals surface area contributed by atoms with E-state index < -0.39 is 5.91 Å². The lowest BCUT2D eigenvalue weighted by atomic mass is 10.1. The third-order valence-corrected chi connectivity index (χ3v) is 2.82. The maximum absolute atomic E-state index is 11.1. The van der Waals surface area contributed by atoms with E-state index >= 15 is 0 Å². The molecule has 0 radical (unpaired) electrons. The van der Waals surface area contributed by atoms with Gasteiger partial charge in [0.1, 0.15) is 0 Å². The van der Waals surface area contributed by atoms with Gasteiger partial charge in [-0.15, -0.1) is 0 Å². The Morgan fingerprint density at radius 3 is 2.85 bits per heavy atom. The van der Waals surface area contributed by atoms with Gasteiger partial charge in [-0.25, -0.2) is 0 Å². The molecule has 1 amide bonds. The number of halogens is 1. The van der Waals surface area contributed by atoms with E-state index in [4.69, 9.17) is 5.73 Å². The van der Waals surface area contributed by atoms with E-state index in [-0.39, 0.29) is 0 Å². The van der Waals surface area contributed by atoms with Crippen LogP contribution >= 0.6 is 22.6 Å². The van der Waals surface area contributed by atoms with Crippen LogP contribution in [0.1, 0.15) is 10.4 Å². The van der Waals surface area contributed by atoms with Gasteiger partial charge in [0.25, 0.3) is 5.91 Å². The Morgan fingerprint density at radius 1 is 1.38 bits per heavy atom. The van der Waals surface area contributed by atoms with Crippen LogP contribution in [0.2, 0.25) is 0 Å². The second-order valence-electron chi connectivity index (χ2n) is 2.73. The van der Waals surface area contributed by atoms with Crippen molar-refractivity contribution in [3.05, 3.63) is 33.5 Å². The number of aromatic amines is 1. The summed E-state index contributed by atoms with van der Waals surface area (Å²) in [6.07, 6.45) is 1.80. The van der Waals surface area contributed by atoms with Crippen molar-refractivity contribution in [2.45, 2.75) is 0 Å². The normalized spacial score (nSPS) is 10.5. The number of fused-ring (bicyclic) bond motifs is 1. The lowest BCUT2D eigenvalue weighted by Crippen LogP contribution is -2.13. The molecule has 0 spiro atoms. The summed E-state index contributed by atoms with van der Waals surface area (Å²) < 4.78 is 0.875. The Morgan fingerprint density at radius 2 is 2.15 bits per heavy atom. The van der Waals surface area contributed by atoms with Crippen molar-refractivity contribution < 1.29 is 4.79 Å². The number of nitrogens with one attached hydrogen (secondary N) is 1. The summed E-state index contributed by atoms with van der Waals surface area (Å²) >= 11 is 2.10. The largest absolute Gasteiger partial charge is 0.365 e. The van der Waals surface area contributed by atoms with Gasteiger partial charge in [-0.3, -0.25) is 4.79 Å². The topological polar surface area (TPSA) is 58.9 Å². The van der Waals surface area contributed by atoms with Crippen LogP contribution < -0.4 is 5.73 Å². The van der Waals surface area contributed by atoms with Gasteiger partial charge in [-0.05, 0) is 34.7 Å². The quantitative estimate of drug-likeness (QED) is 0.772. The van der Waals surface area contributed by atoms with Crippen LogP contribution in [0.15, 0.2) is 24.4 Å². The van der Waals surface area contributed by atoms with Crippen molar-refractivity contribution in [3.8, 4) is 0 Å². The Hall–Kier alpha value is -1.04. The fraction of sp³-hybridized carbons (Fsp3) is 0. The SMILES string of the molecule is NC(=O)c1c(I)ccc2cc[nH]c12. The predicted octanol–water partition coefficient (Wildman–Crippen LogP) is 1.87. The molecule has 0 saturated heterocycles. The monoisotopic (exact) mass is 286 g/mol. The summed E-state index contributed by atoms with van der Waals surface area (Å²) in [5, 5.41) is 1.01. The zero-order valence-corrected chi connectivity index (χ0v) is 8.83. The zero-order valence-electron chi connectivity index (χ0n) is 6.67. The second kappa shape index (κ2) is 3.02. The number of H-pyrrole nitrogens is 1. The summed E-state index contributed by atoms with van der Waals surface area (Å²) in [5.74, 6) is -0.391. The van der Waals surface area contributed by atoms with Gasteiger partial charge in [0.05, 0.1) is 11.1 Å². The molecule has 13 heavy (non-hydrogen) atoms. The van der Waals surface area contributed by atoms with Crippen molar-refractivity contribution in [2.75, 3.05) is 0 Å². The summed E-state index contributed by atoms with van der Waals surface area (Å²) in [4.78, 5) is 14.1. The maximum atomic E-state index is 11.1. The van der Waals surface area contributed by atoms with Crippen molar-refractivity contribution in [3.63, 3.8) is 0 Å². The number of primary amides is 1. The van der Waals surface area contributed by atoms with Crippen LogP contribution in [-0.2, 0) is 0 Å². The van der Waals surface area contributed by atoms with Crippen LogP contribution in [0.4, 0.5) is 0 Å². The van der Waals surface area contributed by atoms with Gasteiger partial charge in [0, 0.05) is 15.2 Å². The maximum Gasteiger partial charge on any atom is 0.251 e.